The highest BCUT2D eigenvalue weighted by molar-refractivity contribution is 6.08. The summed E-state index contributed by atoms with van der Waals surface area (Å²) in [5, 5.41) is 11.7. The van der Waals surface area contributed by atoms with Gasteiger partial charge in [0.15, 0.2) is 5.41 Å². The van der Waals surface area contributed by atoms with Gasteiger partial charge in [0.1, 0.15) is 0 Å². The van der Waals surface area contributed by atoms with E-state index in [-0.39, 0.29) is 18.9 Å². The molecule has 0 amide bonds. The zero-order valence-electron chi connectivity index (χ0n) is 11.2. The van der Waals surface area contributed by atoms with Crippen LogP contribution in [0.15, 0.2) is 0 Å². The molecule has 0 aromatic heterocycles. The smallest absolute Gasteiger partial charge is 0.324 e. The number of rotatable bonds is 3. The Labute approximate surface area is 110 Å². The molecule has 1 fully saturated rings. The molecule has 0 unspecified atom stereocenters. The molecule has 7 heteroatoms. The summed E-state index contributed by atoms with van der Waals surface area (Å²) in [7, 11) is 2.45. The molecule has 1 saturated carbocycles. The number of carbonyl (C=O) groups is 2. The van der Waals surface area contributed by atoms with Gasteiger partial charge in [-0.3, -0.25) is 14.8 Å². The number of carbonyl (C=O) groups excluding carboxylic acids is 2. The molecule has 2 rings (SSSR count). The van der Waals surface area contributed by atoms with Crippen LogP contribution in [-0.4, -0.2) is 43.4 Å². The lowest BCUT2D eigenvalue weighted by atomic mass is 9.76. The Morgan fingerprint density at radius 3 is 2.47 bits per heavy atom. The van der Waals surface area contributed by atoms with Crippen LogP contribution >= 0.6 is 0 Å². The zero-order chi connectivity index (χ0) is 14.2. The second-order valence-electron chi connectivity index (χ2n) is 4.79. The van der Waals surface area contributed by atoms with Crippen LogP contribution in [0, 0.1) is 22.5 Å². The molecule has 19 heavy (non-hydrogen) atoms. The van der Waals surface area contributed by atoms with Gasteiger partial charge in [0.2, 0.25) is 5.71 Å². The van der Waals surface area contributed by atoms with Crippen LogP contribution in [-0.2, 0) is 23.9 Å². The number of methoxy groups -OCH3 is 2. The average molecular weight is 271 g/mol. The zero-order valence-corrected chi connectivity index (χ0v) is 11.2. The van der Waals surface area contributed by atoms with Gasteiger partial charge >= 0.3 is 11.9 Å². The van der Waals surface area contributed by atoms with E-state index < -0.39 is 23.3 Å². The molecule has 2 atom stereocenters. The van der Waals surface area contributed by atoms with Crippen LogP contribution < -0.4 is 0 Å². The summed E-state index contributed by atoms with van der Waals surface area (Å²) in [6.07, 6.45) is 0.650. The predicted molar refractivity (Wildman–Crippen MR) is 62.9 cm³/mol. The van der Waals surface area contributed by atoms with Gasteiger partial charge in [0.05, 0.1) is 32.7 Å². The van der Waals surface area contributed by atoms with Crippen LogP contribution in [0.25, 0.3) is 0 Å². The van der Waals surface area contributed by atoms with Gasteiger partial charge in [-0.15, -0.1) is 0 Å². The Morgan fingerprint density at radius 1 is 1.42 bits per heavy atom. The van der Waals surface area contributed by atoms with Crippen molar-refractivity contribution < 1.29 is 28.8 Å². The molecule has 0 spiro atoms. The number of esters is 2. The van der Waals surface area contributed by atoms with Crippen molar-refractivity contribution in [2.45, 2.75) is 19.8 Å². The normalized spacial score (nSPS) is 27.7. The lowest BCUT2D eigenvalue weighted by Gasteiger charge is -2.28. The van der Waals surface area contributed by atoms with Crippen molar-refractivity contribution >= 4 is 17.7 Å². The van der Waals surface area contributed by atoms with Crippen molar-refractivity contribution in [2.75, 3.05) is 20.8 Å². The third-order valence-electron chi connectivity index (χ3n) is 4.05. The van der Waals surface area contributed by atoms with E-state index in [2.05, 4.69) is 0 Å². The molecule has 0 aromatic rings. The van der Waals surface area contributed by atoms with Crippen LogP contribution in [0.1, 0.15) is 19.8 Å². The summed E-state index contributed by atoms with van der Waals surface area (Å²) >= 11 is 0. The number of nitrogens with zero attached hydrogens (tertiary/aromatic N) is 1. The first-order valence-electron chi connectivity index (χ1n) is 6.16. The maximum atomic E-state index is 12.1. The van der Waals surface area contributed by atoms with E-state index in [0.29, 0.717) is 17.0 Å². The molecule has 0 bridgehead atoms. The third-order valence-corrected chi connectivity index (χ3v) is 4.05. The van der Waals surface area contributed by atoms with E-state index >= 15 is 0 Å². The SMILES string of the molecule is CC[C@@H]1C2=[N+]([O-])OC[C@H]2CC1(C(=O)OC)C(=O)OC. The fourth-order valence-electron chi connectivity index (χ4n) is 3.28. The fraction of sp³-hybridized carbons (Fsp3) is 0.750. The minimum Gasteiger partial charge on any atom is -0.468 e. The molecular formula is C12H17NO6. The summed E-state index contributed by atoms with van der Waals surface area (Å²) in [6.45, 7) is 2.00. The highest BCUT2D eigenvalue weighted by atomic mass is 16.9. The first kappa shape index (κ1) is 13.6. The van der Waals surface area contributed by atoms with Crippen molar-refractivity contribution in [3.63, 3.8) is 0 Å². The Hall–Kier alpha value is -1.79. The third kappa shape index (κ3) is 1.67. The van der Waals surface area contributed by atoms with Gasteiger partial charge in [-0.2, -0.15) is 0 Å². The molecule has 106 valence electrons. The molecule has 0 radical (unpaired) electrons. The van der Waals surface area contributed by atoms with Gasteiger partial charge in [0.25, 0.3) is 0 Å². The van der Waals surface area contributed by atoms with E-state index in [1.54, 1.807) is 0 Å². The maximum absolute atomic E-state index is 12.1. The molecule has 0 N–H and O–H groups in total. The second kappa shape index (κ2) is 4.71. The minimum atomic E-state index is -1.43. The van der Waals surface area contributed by atoms with E-state index in [1.165, 1.54) is 14.2 Å². The van der Waals surface area contributed by atoms with Gasteiger partial charge in [-0.25, -0.2) is 0 Å². The highest BCUT2D eigenvalue weighted by Crippen LogP contribution is 2.49. The first-order valence-corrected chi connectivity index (χ1v) is 6.16. The van der Waals surface area contributed by atoms with Crippen molar-refractivity contribution in [2.24, 2.45) is 17.3 Å². The summed E-state index contributed by atoms with van der Waals surface area (Å²) in [4.78, 5) is 29.6. The minimum absolute atomic E-state index is 0.186. The van der Waals surface area contributed by atoms with Gasteiger partial charge in [-0.05, 0) is 12.8 Å². The average Bonchev–Trinajstić information content (AvgIpc) is 2.94. The van der Waals surface area contributed by atoms with Crippen LogP contribution in [0.2, 0.25) is 0 Å². The van der Waals surface area contributed by atoms with Crippen LogP contribution in [0.3, 0.4) is 0 Å². The monoisotopic (exact) mass is 271 g/mol. The molecule has 7 nitrogen and oxygen atoms in total. The number of hydrogen-bond acceptors (Lipinski definition) is 6. The summed E-state index contributed by atoms with van der Waals surface area (Å²) < 4.78 is 9.56. The van der Waals surface area contributed by atoms with Gasteiger partial charge in [-0.1, -0.05) is 6.92 Å². The standard InChI is InChI=1S/C12H17NO6/c1-4-8-9-7(6-19-13(9)16)5-12(8,10(14)17-2)11(15)18-3/h7-8H,4-6H2,1-3H3/t7-,8-/m1/s1. The number of ether oxygens (including phenoxy) is 2. The van der Waals surface area contributed by atoms with Crippen molar-refractivity contribution in [1.29, 1.82) is 0 Å². The predicted octanol–water partition coefficient (Wildman–Crippen LogP) is 0.261. The van der Waals surface area contributed by atoms with Crippen LogP contribution in [0.4, 0.5) is 0 Å². The molecule has 1 aliphatic carbocycles. The molecular weight excluding hydrogens is 254 g/mol. The lowest BCUT2D eigenvalue weighted by molar-refractivity contribution is -0.732. The molecule has 2 aliphatic rings. The molecule has 0 aromatic carbocycles. The van der Waals surface area contributed by atoms with Crippen LogP contribution in [0.5, 0.6) is 0 Å². The first-order chi connectivity index (χ1) is 9.02. The Morgan fingerprint density at radius 2 is 2.00 bits per heavy atom. The summed E-state index contributed by atoms with van der Waals surface area (Å²) in [5.41, 5.74) is -0.983. The highest BCUT2D eigenvalue weighted by Gasteiger charge is 2.66. The van der Waals surface area contributed by atoms with Gasteiger partial charge < -0.3 is 14.3 Å². The second-order valence-corrected chi connectivity index (χ2v) is 4.79. The van der Waals surface area contributed by atoms with Crippen molar-refractivity contribution in [3.05, 3.63) is 5.21 Å². The fourth-order valence-corrected chi connectivity index (χ4v) is 3.28. The van der Waals surface area contributed by atoms with E-state index in [1.807, 2.05) is 6.92 Å². The summed E-state index contributed by atoms with van der Waals surface area (Å²) in [5.74, 6) is -2.08. The lowest BCUT2D eigenvalue weighted by Crippen LogP contribution is -2.46. The van der Waals surface area contributed by atoms with Crippen molar-refractivity contribution in [3.8, 4) is 0 Å². The topological polar surface area (TPSA) is 87.9 Å². The van der Waals surface area contributed by atoms with Crippen molar-refractivity contribution in [1.82, 2.24) is 0 Å². The Kier molecular flexibility index (Phi) is 3.38. The van der Waals surface area contributed by atoms with Gasteiger partial charge in [0, 0.05) is 4.90 Å². The maximum Gasteiger partial charge on any atom is 0.324 e. The molecule has 1 aliphatic heterocycles. The quantitative estimate of drug-likeness (QED) is 0.415. The molecule has 1 heterocycles. The molecule has 0 saturated heterocycles. The Bertz CT molecular complexity index is 428. The summed E-state index contributed by atoms with van der Waals surface area (Å²) in [6, 6.07) is 0. The van der Waals surface area contributed by atoms with E-state index in [4.69, 9.17) is 14.3 Å². The largest absolute Gasteiger partial charge is 0.468 e. The van der Waals surface area contributed by atoms with E-state index in [9.17, 15) is 14.8 Å². The van der Waals surface area contributed by atoms with E-state index in [0.717, 1.165) is 0 Å². The Balaban J connectivity index is 2.53. The number of hydrogen-bond donors (Lipinski definition) is 0. The number of fused-ring (bicyclic) bond motifs is 1.